The van der Waals surface area contributed by atoms with Gasteiger partial charge in [0.15, 0.2) is 11.6 Å². The highest BCUT2D eigenvalue weighted by atomic mass is 35.5. The van der Waals surface area contributed by atoms with Gasteiger partial charge in [-0.25, -0.2) is 4.98 Å². The van der Waals surface area contributed by atoms with Crippen molar-refractivity contribution in [2.45, 2.75) is 150 Å². The maximum atomic E-state index is 14.8. The molecule has 18 nitrogen and oxygen atoms in total. The summed E-state index contributed by atoms with van der Waals surface area (Å²) in [5.74, 6) is -0.740. The van der Waals surface area contributed by atoms with E-state index in [1.165, 1.54) is 4.90 Å². The minimum atomic E-state index is -1.16. The third-order valence-electron chi connectivity index (χ3n) is 15.4. The summed E-state index contributed by atoms with van der Waals surface area (Å²) in [7, 11) is 0. The lowest BCUT2D eigenvalue weighted by Gasteiger charge is -2.36. The second-order valence-corrected chi connectivity index (χ2v) is 25.5. The molecule has 0 bridgehead atoms. The number of nitrogens with one attached hydrogen (secondary N) is 3. The number of hydrogen-bond acceptors (Lipinski definition) is 15. The number of rotatable bonds is 18. The molecule has 1 saturated heterocycles. The van der Waals surface area contributed by atoms with E-state index in [-0.39, 0.29) is 49.1 Å². The third kappa shape index (κ3) is 12.8. The number of esters is 1. The largest absolute Gasteiger partial charge is 0.490 e. The van der Waals surface area contributed by atoms with Crippen LogP contribution in [0.3, 0.4) is 0 Å². The van der Waals surface area contributed by atoms with Gasteiger partial charge >= 0.3 is 5.97 Å². The average Bonchev–Trinajstić information content (AvgIpc) is 4.19. The molecule has 4 amide bonds. The first kappa shape index (κ1) is 59.4. The highest BCUT2D eigenvalue weighted by molar-refractivity contribution is 7.15. The highest BCUT2D eigenvalue weighted by Crippen LogP contribution is 2.40. The molecular formula is C61H71ClN10O8S2. The van der Waals surface area contributed by atoms with Crippen LogP contribution in [-0.2, 0) is 28.7 Å². The Hall–Kier alpha value is -7.26. The van der Waals surface area contributed by atoms with Gasteiger partial charge in [-0.2, -0.15) is 0 Å². The van der Waals surface area contributed by atoms with Crippen LogP contribution in [0.25, 0.3) is 15.4 Å². The number of nitrogens with two attached hydrogens (primary N) is 1. The summed E-state index contributed by atoms with van der Waals surface area (Å²) in [5.41, 5.74) is 14.3. The number of likely N-dealkylation sites (tertiary alicyclic amines) is 1. The standard InChI is InChI=1S/C61H71ClN10O8S2/c1-30(2)51(63)60(77)80-45-26-47(57(75)65-33(5)38-13-15-40(16-14-38)53-34(6)64-29-81-53)71(28-45)58(76)54(61(10,11)12)68-56(74)35(7)78-48-22-21-43(23-31(48)3)79-44-24-42(25-44)66-49(73)27-46-55-70-69-37(9)72(55)59-50(32(4)36(8)82-59)52(67-46)39-17-19-41(62)20-18-39/h13-23,29-30,33,42,44-47,51,54H,7,24-28,63H2,1-6,8-12H3,(H,65,75)(H,66,73)(H,68,74)/t33-,42?,44?,45+,46-,47-,51-,54+/m0/s1. The summed E-state index contributed by atoms with van der Waals surface area (Å²) in [6.45, 7) is 24.5. The number of thiazole rings is 1. The summed E-state index contributed by atoms with van der Waals surface area (Å²) in [5, 5.41) is 19.6. The molecule has 6 aromatic rings. The van der Waals surface area contributed by atoms with E-state index in [9.17, 15) is 24.0 Å². The summed E-state index contributed by atoms with van der Waals surface area (Å²) < 4.78 is 20.2. The maximum Gasteiger partial charge on any atom is 0.323 e. The number of fused-ring (bicyclic) bond motifs is 3. The van der Waals surface area contributed by atoms with Gasteiger partial charge in [-0.15, -0.1) is 32.9 Å². The Morgan fingerprint density at radius 3 is 2.23 bits per heavy atom. The molecule has 2 aliphatic heterocycles. The van der Waals surface area contributed by atoms with Crippen LogP contribution in [0, 0.1) is 46.0 Å². The van der Waals surface area contributed by atoms with Crippen LogP contribution in [0.1, 0.15) is 129 Å². The van der Waals surface area contributed by atoms with Crippen LogP contribution in [0.2, 0.25) is 5.02 Å². The van der Waals surface area contributed by atoms with E-state index in [4.69, 9.17) is 36.5 Å². The van der Waals surface area contributed by atoms with Crippen LogP contribution >= 0.6 is 34.3 Å². The lowest BCUT2D eigenvalue weighted by atomic mass is 9.85. The van der Waals surface area contributed by atoms with Crippen molar-refractivity contribution in [1.29, 1.82) is 0 Å². The highest BCUT2D eigenvalue weighted by Gasteiger charge is 2.47. The van der Waals surface area contributed by atoms with E-state index in [0.29, 0.717) is 46.6 Å². The zero-order valence-electron chi connectivity index (χ0n) is 48.1. The van der Waals surface area contributed by atoms with E-state index >= 15 is 0 Å². The van der Waals surface area contributed by atoms with Gasteiger partial charge < -0.3 is 40.8 Å². The van der Waals surface area contributed by atoms with Gasteiger partial charge in [-0.3, -0.25) is 33.5 Å². The first-order valence-corrected chi connectivity index (χ1v) is 29.6. The van der Waals surface area contributed by atoms with Crippen molar-refractivity contribution in [1.82, 2.24) is 40.6 Å². The van der Waals surface area contributed by atoms with Crippen LogP contribution < -0.4 is 31.2 Å². The number of amides is 4. The minimum Gasteiger partial charge on any atom is -0.490 e. The summed E-state index contributed by atoms with van der Waals surface area (Å²) in [6, 6.07) is 16.4. The number of aromatic nitrogens is 4. The number of halogens is 1. The Labute approximate surface area is 491 Å². The first-order valence-electron chi connectivity index (χ1n) is 27.5. The molecule has 2 fully saturated rings. The zero-order chi connectivity index (χ0) is 59.1. The van der Waals surface area contributed by atoms with Gasteiger partial charge in [0.2, 0.25) is 17.7 Å². The molecule has 3 aromatic carbocycles. The second kappa shape index (κ2) is 24.3. The van der Waals surface area contributed by atoms with Crippen molar-refractivity contribution in [3.8, 4) is 26.9 Å². The molecule has 21 heteroatoms. The molecular weight excluding hydrogens is 1100 g/mol. The molecule has 6 atom stereocenters. The zero-order valence-corrected chi connectivity index (χ0v) is 50.5. The lowest BCUT2D eigenvalue weighted by Crippen LogP contribution is -2.58. The Bertz CT molecular complexity index is 3450. The van der Waals surface area contributed by atoms with Crippen LogP contribution in [0.5, 0.6) is 11.5 Å². The quantitative estimate of drug-likeness (QED) is 0.0358. The van der Waals surface area contributed by atoms with Gasteiger partial charge in [-0.1, -0.05) is 89.2 Å². The fraction of sp³-hybridized carbons (Fsp3) is 0.426. The van der Waals surface area contributed by atoms with Crippen molar-refractivity contribution < 1.29 is 38.2 Å². The van der Waals surface area contributed by atoms with Gasteiger partial charge in [0.1, 0.15) is 58.7 Å². The number of ether oxygens (including phenoxy) is 3. The molecule has 3 aromatic heterocycles. The fourth-order valence-electron chi connectivity index (χ4n) is 10.4. The monoisotopic (exact) mass is 1170 g/mol. The van der Waals surface area contributed by atoms with Crippen LogP contribution in [0.15, 0.2) is 89.6 Å². The number of nitrogens with zero attached hydrogens (tertiary/aromatic N) is 6. The van der Waals surface area contributed by atoms with E-state index in [2.05, 4.69) is 51.6 Å². The van der Waals surface area contributed by atoms with Gasteiger partial charge in [-0.05, 0) is 105 Å². The second-order valence-electron chi connectivity index (χ2n) is 23.0. The van der Waals surface area contributed by atoms with Crippen molar-refractivity contribution in [2.75, 3.05) is 6.54 Å². The number of carbonyl (C=O) groups is 5. The maximum absolute atomic E-state index is 14.8. The van der Waals surface area contributed by atoms with E-state index in [1.807, 2.05) is 80.8 Å². The molecule has 0 spiro atoms. The lowest BCUT2D eigenvalue weighted by molar-refractivity contribution is -0.152. The fourth-order valence-corrected chi connectivity index (χ4v) is 12.5. The van der Waals surface area contributed by atoms with E-state index in [0.717, 1.165) is 54.0 Å². The number of carbonyl (C=O) groups excluding carboxylic acids is 5. The molecule has 3 aliphatic rings. The molecule has 5 heterocycles. The van der Waals surface area contributed by atoms with E-state index < -0.39 is 65.4 Å². The number of aliphatic imine (C=N–C) groups is 1. The van der Waals surface area contributed by atoms with Crippen molar-refractivity contribution in [2.24, 2.45) is 22.1 Å². The molecule has 1 aliphatic carbocycles. The molecule has 82 heavy (non-hydrogen) atoms. The molecule has 5 N–H and O–H groups in total. The summed E-state index contributed by atoms with van der Waals surface area (Å²) in [4.78, 5) is 83.1. The van der Waals surface area contributed by atoms with Crippen LogP contribution in [0.4, 0.5) is 0 Å². The number of benzene rings is 3. The topological polar surface area (TPSA) is 234 Å². The van der Waals surface area contributed by atoms with Gasteiger partial charge in [0, 0.05) is 46.3 Å². The van der Waals surface area contributed by atoms with Crippen molar-refractivity contribution in [3.05, 3.63) is 140 Å². The first-order chi connectivity index (χ1) is 38.8. The Morgan fingerprint density at radius 2 is 1.59 bits per heavy atom. The van der Waals surface area contributed by atoms with Crippen molar-refractivity contribution >= 4 is 69.6 Å². The van der Waals surface area contributed by atoms with E-state index in [1.54, 1.807) is 81.0 Å². The third-order valence-corrected chi connectivity index (χ3v) is 17.8. The number of hydrogen-bond donors (Lipinski definition) is 4. The summed E-state index contributed by atoms with van der Waals surface area (Å²) >= 11 is 9.50. The minimum absolute atomic E-state index is 0.0228. The number of thiophene rings is 1. The van der Waals surface area contributed by atoms with Crippen molar-refractivity contribution in [3.63, 3.8) is 0 Å². The number of aryl methyl sites for hydroxylation is 4. The van der Waals surface area contributed by atoms with Crippen LogP contribution in [-0.4, -0.2) is 103 Å². The van der Waals surface area contributed by atoms with Gasteiger partial charge in [0.25, 0.3) is 5.91 Å². The molecule has 0 unspecified atom stereocenters. The predicted molar refractivity (Wildman–Crippen MR) is 317 cm³/mol. The molecule has 0 radical (unpaired) electrons. The molecule has 432 valence electrons. The molecule has 9 rings (SSSR count). The Balaban J connectivity index is 0.805. The normalized spacial score (nSPS) is 19.6. The SMILES string of the molecule is C=C(Oc1ccc(OC2CC(NC(=O)C[C@@H]3N=C(c4ccc(Cl)cc4)c4c(sc(C)c4C)-n4c(C)nnc43)C2)cc1C)C(=O)N[C@H](C(=O)N1C[C@H](OC(=O)[C@@H](N)C(C)C)C[C@H]1C(=O)N[C@@H](C)c1ccc(-c2scnc2C)cc1)C(C)(C)C. The predicted octanol–water partition coefficient (Wildman–Crippen LogP) is 9.45. The summed E-state index contributed by atoms with van der Waals surface area (Å²) in [6.07, 6.45) is 0.273. The van der Waals surface area contributed by atoms with Gasteiger partial charge in [0.05, 0.1) is 40.8 Å². The molecule has 1 saturated carbocycles. The smallest absolute Gasteiger partial charge is 0.323 e. The average molecular weight is 1170 g/mol. The Kier molecular flexibility index (Phi) is 17.6. The Morgan fingerprint density at radius 1 is 0.890 bits per heavy atom.